The first-order valence-electron chi connectivity index (χ1n) is 7.09. The zero-order chi connectivity index (χ0) is 15.4. The molecular formula is C16H10ClN5O. The van der Waals surface area contributed by atoms with Gasteiger partial charge in [0.1, 0.15) is 12.0 Å². The Morgan fingerprint density at radius 1 is 1.26 bits per heavy atom. The molecule has 0 fully saturated rings. The molecule has 23 heavy (non-hydrogen) atoms. The molecule has 0 aliphatic carbocycles. The van der Waals surface area contributed by atoms with Gasteiger partial charge in [-0.1, -0.05) is 11.6 Å². The van der Waals surface area contributed by atoms with Gasteiger partial charge in [-0.2, -0.15) is 5.10 Å². The van der Waals surface area contributed by atoms with E-state index in [-0.39, 0.29) is 0 Å². The summed E-state index contributed by atoms with van der Waals surface area (Å²) in [6, 6.07) is 5.81. The first kappa shape index (κ1) is 12.7. The zero-order valence-corrected chi connectivity index (χ0v) is 12.6. The van der Waals surface area contributed by atoms with Gasteiger partial charge in [-0.3, -0.25) is 5.10 Å². The predicted octanol–water partition coefficient (Wildman–Crippen LogP) is 3.48. The van der Waals surface area contributed by atoms with Crippen molar-refractivity contribution in [3.05, 3.63) is 59.6 Å². The van der Waals surface area contributed by atoms with Gasteiger partial charge in [0, 0.05) is 22.6 Å². The predicted molar refractivity (Wildman–Crippen MR) is 84.5 cm³/mol. The molecule has 1 N–H and O–H groups in total. The number of aromatic nitrogens is 5. The summed E-state index contributed by atoms with van der Waals surface area (Å²) in [5.74, 6) is 0.654. The van der Waals surface area contributed by atoms with E-state index in [1.54, 1.807) is 12.5 Å². The van der Waals surface area contributed by atoms with Crippen LogP contribution in [-0.4, -0.2) is 24.7 Å². The van der Waals surface area contributed by atoms with Crippen LogP contribution in [0.3, 0.4) is 0 Å². The fraction of sp³-hybridized carbons (Fsp3) is 0.0625. The summed E-state index contributed by atoms with van der Waals surface area (Å²) in [5, 5.41) is 7.96. The fourth-order valence-corrected chi connectivity index (χ4v) is 3.24. The van der Waals surface area contributed by atoms with Gasteiger partial charge in [0.25, 0.3) is 0 Å². The molecule has 1 aliphatic rings. The van der Waals surface area contributed by atoms with Gasteiger partial charge in [-0.05, 0) is 18.2 Å². The number of rotatable bonds is 1. The van der Waals surface area contributed by atoms with E-state index in [9.17, 15) is 0 Å². The lowest BCUT2D eigenvalue weighted by molar-refractivity contribution is 0.569. The average molecular weight is 324 g/mol. The lowest BCUT2D eigenvalue weighted by atomic mass is 10.0. The maximum Gasteiger partial charge on any atom is 0.181 e. The number of halogens is 1. The van der Waals surface area contributed by atoms with Crippen molar-refractivity contribution < 1.29 is 4.42 Å². The van der Waals surface area contributed by atoms with E-state index >= 15 is 0 Å². The van der Waals surface area contributed by atoms with Crippen LogP contribution in [0.25, 0.3) is 28.4 Å². The number of hydrogen-bond acceptors (Lipinski definition) is 4. The second-order valence-electron chi connectivity index (χ2n) is 5.38. The summed E-state index contributed by atoms with van der Waals surface area (Å²) in [6.07, 6.45) is 7.42. The van der Waals surface area contributed by atoms with Gasteiger partial charge in [-0.25, -0.2) is 9.97 Å². The van der Waals surface area contributed by atoms with E-state index in [0.717, 1.165) is 33.9 Å². The molecule has 0 atom stereocenters. The number of H-pyrrole nitrogens is 1. The van der Waals surface area contributed by atoms with Crippen LogP contribution in [0.4, 0.5) is 0 Å². The topological polar surface area (TPSA) is 72.5 Å². The normalized spacial score (nSPS) is 12.4. The Balaban J connectivity index is 1.84. The summed E-state index contributed by atoms with van der Waals surface area (Å²) in [7, 11) is 0. The summed E-state index contributed by atoms with van der Waals surface area (Å²) in [5.41, 5.74) is 5.90. The van der Waals surface area contributed by atoms with Crippen LogP contribution >= 0.6 is 11.6 Å². The maximum absolute atomic E-state index is 6.19. The van der Waals surface area contributed by atoms with Crippen molar-refractivity contribution in [2.75, 3.05) is 0 Å². The first-order chi connectivity index (χ1) is 11.3. The Labute approximate surface area is 135 Å². The van der Waals surface area contributed by atoms with Crippen molar-refractivity contribution in [3.63, 3.8) is 0 Å². The van der Waals surface area contributed by atoms with Gasteiger partial charge < -0.3 is 8.98 Å². The largest absolute Gasteiger partial charge is 0.442 e. The molecule has 4 heterocycles. The molecule has 6 nitrogen and oxygen atoms in total. The molecule has 0 amide bonds. The molecule has 0 radical (unpaired) electrons. The maximum atomic E-state index is 6.19. The Morgan fingerprint density at radius 2 is 2.22 bits per heavy atom. The second kappa shape index (κ2) is 4.57. The minimum Gasteiger partial charge on any atom is -0.442 e. The van der Waals surface area contributed by atoms with Gasteiger partial charge in [-0.15, -0.1) is 0 Å². The smallest absolute Gasteiger partial charge is 0.181 e. The zero-order valence-electron chi connectivity index (χ0n) is 11.8. The number of aromatic amines is 1. The minimum atomic E-state index is 0.654. The summed E-state index contributed by atoms with van der Waals surface area (Å²) >= 11 is 6.19. The Kier molecular flexibility index (Phi) is 2.51. The monoisotopic (exact) mass is 323 g/mol. The van der Waals surface area contributed by atoms with E-state index in [1.165, 1.54) is 6.39 Å². The van der Waals surface area contributed by atoms with E-state index in [4.69, 9.17) is 16.0 Å². The van der Waals surface area contributed by atoms with Crippen LogP contribution in [-0.2, 0) is 6.42 Å². The third-order valence-electron chi connectivity index (χ3n) is 4.10. The number of hydrogen-bond donors (Lipinski definition) is 1. The average Bonchev–Trinajstić information content (AvgIpc) is 3.27. The molecule has 5 rings (SSSR count). The molecule has 0 bridgehead atoms. The van der Waals surface area contributed by atoms with Gasteiger partial charge in [0.2, 0.25) is 0 Å². The third-order valence-corrected chi connectivity index (χ3v) is 4.33. The van der Waals surface area contributed by atoms with Crippen molar-refractivity contribution >= 4 is 11.6 Å². The number of benzene rings is 1. The minimum absolute atomic E-state index is 0.654. The molecule has 0 spiro atoms. The molecule has 1 aliphatic heterocycles. The first-order valence-corrected chi connectivity index (χ1v) is 7.46. The van der Waals surface area contributed by atoms with E-state index in [2.05, 4.69) is 24.7 Å². The molecule has 0 saturated carbocycles. The van der Waals surface area contributed by atoms with Crippen molar-refractivity contribution in [1.82, 2.24) is 24.7 Å². The van der Waals surface area contributed by atoms with Gasteiger partial charge in [0.15, 0.2) is 12.2 Å². The summed E-state index contributed by atoms with van der Waals surface area (Å²) < 4.78 is 7.50. The van der Waals surface area contributed by atoms with E-state index < -0.39 is 0 Å². The van der Waals surface area contributed by atoms with E-state index in [0.29, 0.717) is 17.2 Å². The highest BCUT2D eigenvalue weighted by Crippen LogP contribution is 2.37. The van der Waals surface area contributed by atoms with Crippen molar-refractivity contribution in [3.8, 4) is 28.4 Å². The fourth-order valence-electron chi connectivity index (χ4n) is 3.07. The van der Waals surface area contributed by atoms with Crippen molar-refractivity contribution in [1.29, 1.82) is 0 Å². The van der Waals surface area contributed by atoms with Crippen LogP contribution < -0.4 is 0 Å². The second-order valence-corrected chi connectivity index (χ2v) is 5.82. The number of imidazole rings is 1. The SMILES string of the molecule is Clc1ccc2c(c1)-c1[nH]ncc1Cc1c(-c3cnco3)ncn1-2. The van der Waals surface area contributed by atoms with Crippen LogP contribution in [0.5, 0.6) is 0 Å². The molecule has 0 saturated heterocycles. The standard InChI is InChI=1S/C16H10ClN5O/c17-10-1-2-12-11(4-10)15-9(5-20-21-15)3-13-16(19-7-22(12)13)14-6-18-8-23-14/h1-2,4-8H,3H2,(H,20,21). The number of nitrogens with one attached hydrogen (secondary N) is 1. The Bertz CT molecular complexity index is 1020. The number of fused-ring (bicyclic) bond motifs is 5. The lowest BCUT2D eigenvalue weighted by Gasteiger charge is -2.09. The lowest BCUT2D eigenvalue weighted by Crippen LogP contribution is -1.99. The Morgan fingerprint density at radius 3 is 3.09 bits per heavy atom. The number of oxazole rings is 1. The highest BCUT2D eigenvalue weighted by atomic mass is 35.5. The molecule has 3 aromatic heterocycles. The molecular weight excluding hydrogens is 314 g/mol. The Hall–Kier alpha value is -2.86. The van der Waals surface area contributed by atoms with Crippen molar-refractivity contribution in [2.24, 2.45) is 0 Å². The quantitative estimate of drug-likeness (QED) is 0.512. The van der Waals surface area contributed by atoms with Gasteiger partial charge in [0.05, 0.1) is 29.5 Å². The molecule has 1 aromatic carbocycles. The number of nitrogens with zero attached hydrogens (tertiary/aromatic N) is 4. The highest BCUT2D eigenvalue weighted by Gasteiger charge is 2.25. The van der Waals surface area contributed by atoms with E-state index in [1.807, 2.05) is 24.4 Å². The molecule has 112 valence electrons. The molecule has 7 heteroatoms. The molecule has 0 unspecified atom stereocenters. The van der Waals surface area contributed by atoms with Crippen LogP contribution in [0, 0.1) is 0 Å². The summed E-state index contributed by atoms with van der Waals surface area (Å²) in [6.45, 7) is 0. The summed E-state index contributed by atoms with van der Waals surface area (Å²) in [4.78, 5) is 8.51. The van der Waals surface area contributed by atoms with Crippen LogP contribution in [0.2, 0.25) is 5.02 Å². The highest BCUT2D eigenvalue weighted by molar-refractivity contribution is 6.31. The van der Waals surface area contributed by atoms with Crippen LogP contribution in [0.1, 0.15) is 11.3 Å². The van der Waals surface area contributed by atoms with Crippen LogP contribution in [0.15, 0.2) is 47.7 Å². The third kappa shape index (κ3) is 1.78. The molecule has 4 aromatic rings. The van der Waals surface area contributed by atoms with Gasteiger partial charge >= 0.3 is 0 Å². The van der Waals surface area contributed by atoms with Crippen molar-refractivity contribution in [2.45, 2.75) is 6.42 Å².